The molecule has 0 saturated heterocycles. The van der Waals surface area contributed by atoms with Gasteiger partial charge in [0.1, 0.15) is 11.5 Å². The van der Waals surface area contributed by atoms with E-state index in [2.05, 4.69) is 31.9 Å². The molecule has 0 aliphatic carbocycles. The van der Waals surface area contributed by atoms with Gasteiger partial charge in [-0.3, -0.25) is 0 Å². The third-order valence-corrected chi connectivity index (χ3v) is 3.05. The molecule has 1 aliphatic rings. The highest BCUT2D eigenvalue weighted by Gasteiger charge is 2.21. The van der Waals surface area contributed by atoms with E-state index < -0.39 is 0 Å². The van der Waals surface area contributed by atoms with Crippen molar-refractivity contribution in [3.8, 4) is 11.5 Å². The zero-order valence-corrected chi connectivity index (χ0v) is 9.27. The zero-order chi connectivity index (χ0) is 8.72. The molecule has 2 nitrogen and oxygen atoms in total. The van der Waals surface area contributed by atoms with Crippen LogP contribution in [0.15, 0.2) is 15.0 Å². The van der Waals surface area contributed by atoms with Gasteiger partial charge in [0.2, 0.25) is 0 Å². The van der Waals surface area contributed by atoms with E-state index in [1.54, 1.807) is 6.07 Å². The largest absolute Gasteiger partial charge is 0.506 e. The van der Waals surface area contributed by atoms with Crippen molar-refractivity contribution < 1.29 is 9.84 Å². The summed E-state index contributed by atoms with van der Waals surface area (Å²) in [6.45, 7) is 0.651. The Morgan fingerprint density at radius 3 is 2.83 bits per heavy atom. The van der Waals surface area contributed by atoms with Crippen molar-refractivity contribution >= 4 is 31.9 Å². The smallest absolute Gasteiger partial charge is 0.140 e. The topological polar surface area (TPSA) is 29.5 Å². The molecule has 1 aliphatic heterocycles. The van der Waals surface area contributed by atoms with Crippen LogP contribution in [-0.2, 0) is 6.42 Å². The summed E-state index contributed by atoms with van der Waals surface area (Å²) in [6, 6.07) is 1.79. The fourth-order valence-electron chi connectivity index (χ4n) is 1.28. The maximum absolute atomic E-state index is 9.60. The molecule has 0 atom stereocenters. The van der Waals surface area contributed by atoms with Crippen LogP contribution in [0.2, 0.25) is 0 Å². The van der Waals surface area contributed by atoms with Gasteiger partial charge in [-0.25, -0.2) is 0 Å². The lowest BCUT2D eigenvalue weighted by Gasteiger charge is -2.05. The standard InChI is InChI=1S/C8H6Br2O2/c9-5-3-6(10)8-4(7(5)11)1-2-12-8/h3,11H,1-2H2. The average molecular weight is 294 g/mol. The first kappa shape index (κ1) is 8.38. The quantitative estimate of drug-likeness (QED) is 0.797. The molecule has 0 spiro atoms. The molecule has 0 unspecified atom stereocenters. The van der Waals surface area contributed by atoms with E-state index in [9.17, 15) is 5.11 Å². The Bertz CT molecular complexity index is 336. The van der Waals surface area contributed by atoms with Crippen LogP contribution >= 0.6 is 31.9 Å². The summed E-state index contributed by atoms with van der Waals surface area (Å²) in [7, 11) is 0. The number of hydrogen-bond donors (Lipinski definition) is 1. The molecular weight excluding hydrogens is 288 g/mol. The van der Waals surface area contributed by atoms with Crippen LogP contribution in [0.1, 0.15) is 5.56 Å². The highest BCUT2D eigenvalue weighted by atomic mass is 79.9. The summed E-state index contributed by atoms with van der Waals surface area (Å²) >= 11 is 6.63. The molecule has 2 rings (SSSR count). The monoisotopic (exact) mass is 292 g/mol. The van der Waals surface area contributed by atoms with Gasteiger partial charge in [-0.1, -0.05) is 0 Å². The lowest BCUT2D eigenvalue weighted by atomic mass is 10.1. The normalized spacial score (nSPS) is 14.2. The van der Waals surface area contributed by atoms with Crippen molar-refractivity contribution in [2.75, 3.05) is 6.61 Å². The van der Waals surface area contributed by atoms with Crippen LogP contribution < -0.4 is 4.74 Å². The third kappa shape index (κ3) is 1.13. The number of phenols is 1. The molecule has 0 bridgehead atoms. The van der Waals surface area contributed by atoms with Crippen LogP contribution in [-0.4, -0.2) is 11.7 Å². The Morgan fingerprint density at radius 1 is 1.33 bits per heavy atom. The van der Waals surface area contributed by atoms with Gasteiger partial charge in [0.25, 0.3) is 0 Å². The molecule has 12 heavy (non-hydrogen) atoms. The average Bonchev–Trinajstić information content (AvgIpc) is 2.48. The van der Waals surface area contributed by atoms with Gasteiger partial charge in [-0.2, -0.15) is 0 Å². The summed E-state index contributed by atoms with van der Waals surface area (Å²) in [5, 5.41) is 9.60. The van der Waals surface area contributed by atoms with E-state index in [0.29, 0.717) is 16.8 Å². The maximum atomic E-state index is 9.60. The Kier molecular flexibility index (Phi) is 2.04. The van der Waals surface area contributed by atoms with Gasteiger partial charge in [0.15, 0.2) is 0 Å². The number of halogens is 2. The van der Waals surface area contributed by atoms with Crippen molar-refractivity contribution in [1.29, 1.82) is 0 Å². The first-order chi connectivity index (χ1) is 5.70. The molecule has 0 aromatic heterocycles. The molecule has 1 heterocycles. The fraction of sp³-hybridized carbons (Fsp3) is 0.250. The molecule has 4 heteroatoms. The van der Waals surface area contributed by atoms with E-state index in [1.165, 1.54) is 0 Å². The summed E-state index contributed by atoms with van der Waals surface area (Å²) in [4.78, 5) is 0. The van der Waals surface area contributed by atoms with Crippen LogP contribution in [0.4, 0.5) is 0 Å². The molecule has 1 aromatic rings. The molecular formula is C8H6Br2O2. The number of ether oxygens (including phenoxy) is 1. The molecule has 64 valence electrons. The van der Waals surface area contributed by atoms with E-state index >= 15 is 0 Å². The summed E-state index contributed by atoms with van der Waals surface area (Å²) in [5.41, 5.74) is 0.885. The maximum Gasteiger partial charge on any atom is 0.140 e. The molecule has 1 N–H and O–H groups in total. The van der Waals surface area contributed by atoms with Gasteiger partial charge in [-0.05, 0) is 37.9 Å². The molecule has 0 fully saturated rings. The van der Waals surface area contributed by atoms with Crippen molar-refractivity contribution in [2.24, 2.45) is 0 Å². The molecule has 1 aromatic carbocycles. The van der Waals surface area contributed by atoms with Crippen molar-refractivity contribution in [3.63, 3.8) is 0 Å². The number of hydrogen-bond acceptors (Lipinski definition) is 2. The number of phenolic OH excluding ortho intramolecular Hbond substituents is 1. The highest BCUT2D eigenvalue weighted by molar-refractivity contribution is 9.11. The second-order valence-electron chi connectivity index (χ2n) is 2.59. The van der Waals surface area contributed by atoms with E-state index in [-0.39, 0.29) is 0 Å². The highest BCUT2D eigenvalue weighted by Crippen LogP contribution is 2.43. The van der Waals surface area contributed by atoms with Gasteiger partial charge < -0.3 is 9.84 Å². The molecule has 0 radical (unpaired) electrons. The Morgan fingerprint density at radius 2 is 2.08 bits per heavy atom. The molecule has 0 saturated carbocycles. The SMILES string of the molecule is Oc1c(Br)cc(Br)c2c1CCO2. The lowest BCUT2D eigenvalue weighted by molar-refractivity contribution is 0.355. The fourth-order valence-corrected chi connectivity index (χ4v) is 2.64. The van der Waals surface area contributed by atoms with Gasteiger partial charge in [0.05, 0.1) is 15.6 Å². The molecule has 0 amide bonds. The van der Waals surface area contributed by atoms with E-state index in [4.69, 9.17) is 4.74 Å². The van der Waals surface area contributed by atoms with E-state index in [1.807, 2.05) is 0 Å². The summed E-state index contributed by atoms with van der Waals surface area (Å²) in [5.74, 6) is 1.07. The van der Waals surface area contributed by atoms with Crippen LogP contribution in [0.25, 0.3) is 0 Å². The van der Waals surface area contributed by atoms with Crippen LogP contribution in [0.3, 0.4) is 0 Å². The number of fused-ring (bicyclic) bond motifs is 1. The predicted molar refractivity (Wildman–Crippen MR) is 52.7 cm³/mol. The van der Waals surface area contributed by atoms with Gasteiger partial charge >= 0.3 is 0 Å². The predicted octanol–water partition coefficient (Wildman–Crippen LogP) is 2.85. The second kappa shape index (κ2) is 2.92. The number of aromatic hydroxyl groups is 1. The zero-order valence-electron chi connectivity index (χ0n) is 6.10. The van der Waals surface area contributed by atoms with Crippen molar-refractivity contribution in [2.45, 2.75) is 6.42 Å². The van der Waals surface area contributed by atoms with Gasteiger partial charge in [-0.15, -0.1) is 0 Å². The minimum atomic E-state index is 0.297. The Labute approximate surface area is 86.8 Å². The number of rotatable bonds is 0. The first-order valence-electron chi connectivity index (χ1n) is 3.53. The minimum Gasteiger partial charge on any atom is -0.506 e. The van der Waals surface area contributed by atoms with Crippen molar-refractivity contribution in [3.05, 3.63) is 20.6 Å². The van der Waals surface area contributed by atoms with E-state index in [0.717, 1.165) is 22.2 Å². The Balaban J connectivity index is 2.69. The number of benzene rings is 1. The summed E-state index contributed by atoms with van der Waals surface area (Å²) in [6.07, 6.45) is 0.777. The first-order valence-corrected chi connectivity index (χ1v) is 5.11. The lowest BCUT2D eigenvalue weighted by Crippen LogP contribution is -1.86. The van der Waals surface area contributed by atoms with Crippen LogP contribution in [0, 0.1) is 0 Å². The summed E-state index contributed by atoms with van der Waals surface area (Å²) < 4.78 is 6.93. The van der Waals surface area contributed by atoms with Crippen LogP contribution in [0.5, 0.6) is 11.5 Å². The van der Waals surface area contributed by atoms with Gasteiger partial charge in [0, 0.05) is 12.0 Å². The third-order valence-electron chi connectivity index (χ3n) is 1.85. The Hall–Kier alpha value is -0.220. The van der Waals surface area contributed by atoms with Crippen molar-refractivity contribution in [1.82, 2.24) is 0 Å². The minimum absolute atomic E-state index is 0.297. The second-order valence-corrected chi connectivity index (χ2v) is 4.30.